The van der Waals surface area contributed by atoms with Gasteiger partial charge in [0.25, 0.3) is 0 Å². The first-order valence-electron chi connectivity index (χ1n) is 6.29. The van der Waals surface area contributed by atoms with Crippen molar-refractivity contribution in [2.75, 3.05) is 20.8 Å². The first-order valence-corrected chi connectivity index (χ1v) is 6.29. The minimum atomic E-state index is 0.295. The number of rotatable bonds is 8. The Hall–Kier alpha value is -1.43. The molecule has 1 atom stereocenters. The summed E-state index contributed by atoms with van der Waals surface area (Å²) in [4.78, 5) is 12.5. The van der Waals surface area contributed by atoms with E-state index in [0.29, 0.717) is 23.9 Å². The van der Waals surface area contributed by atoms with Crippen LogP contribution in [0.4, 0.5) is 0 Å². The summed E-state index contributed by atoms with van der Waals surface area (Å²) < 4.78 is 10.1. The van der Waals surface area contributed by atoms with Crippen LogP contribution in [0.3, 0.4) is 0 Å². The minimum Gasteiger partial charge on any atom is -0.467 e. The van der Waals surface area contributed by atoms with Crippen molar-refractivity contribution < 1.29 is 9.47 Å². The maximum atomic E-state index is 5.04. The Bertz CT molecular complexity index is 332. The highest BCUT2D eigenvalue weighted by Crippen LogP contribution is 2.11. The molecule has 0 bridgehead atoms. The van der Waals surface area contributed by atoms with Crippen molar-refractivity contribution in [3.8, 4) is 12.0 Å². The highest BCUT2D eigenvalue weighted by atomic mass is 16.5. The molecule has 1 heterocycles. The largest absolute Gasteiger partial charge is 0.467 e. The van der Waals surface area contributed by atoms with Gasteiger partial charge < -0.3 is 14.8 Å². The van der Waals surface area contributed by atoms with Gasteiger partial charge >= 0.3 is 12.0 Å². The van der Waals surface area contributed by atoms with E-state index in [4.69, 9.17) is 9.47 Å². The van der Waals surface area contributed by atoms with Gasteiger partial charge in [-0.2, -0.15) is 9.97 Å². The van der Waals surface area contributed by atoms with Crippen LogP contribution < -0.4 is 14.8 Å². The second-order valence-corrected chi connectivity index (χ2v) is 3.97. The lowest BCUT2D eigenvalue weighted by molar-refractivity contribution is 0.334. The minimum absolute atomic E-state index is 0.295. The predicted molar refractivity (Wildman–Crippen MR) is 69.0 cm³/mol. The summed E-state index contributed by atoms with van der Waals surface area (Å²) in [7, 11) is 3.07. The lowest BCUT2D eigenvalue weighted by atomic mass is 10.1. The molecule has 0 saturated heterocycles. The average Bonchev–Trinajstić information content (AvgIpc) is 2.38. The molecule has 0 aliphatic heterocycles. The molecule has 6 nitrogen and oxygen atoms in total. The Morgan fingerprint density at radius 2 is 1.67 bits per heavy atom. The first kappa shape index (κ1) is 14.6. The zero-order valence-electron chi connectivity index (χ0n) is 11.6. The van der Waals surface area contributed by atoms with E-state index in [-0.39, 0.29) is 0 Å². The van der Waals surface area contributed by atoms with E-state index >= 15 is 0 Å². The third kappa shape index (κ3) is 4.44. The maximum absolute atomic E-state index is 5.04. The van der Waals surface area contributed by atoms with E-state index in [2.05, 4.69) is 34.1 Å². The predicted octanol–water partition coefficient (Wildman–Crippen LogP) is 1.21. The molecular formula is C12H22N4O2. The quantitative estimate of drug-likeness (QED) is 0.752. The average molecular weight is 254 g/mol. The summed E-state index contributed by atoms with van der Waals surface area (Å²) in [6.45, 7) is 5.19. The van der Waals surface area contributed by atoms with Gasteiger partial charge in [-0.15, -0.1) is 4.98 Å². The molecule has 0 aromatic carbocycles. The molecule has 1 rings (SSSR count). The summed E-state index contributed by atoms with van der Waals surface area (Å²) in [5.74, 6) is 0.693. The van der Waals surface area contributed by atoms with Crippen LogP contribution in [0.15, 0.2) is 0 Å². The molecule has 6 heteroatoms. The molecule has 102 valence electrons. The summed E-state index contributed by atoms with van der Waals surface area (Å²) in [6.07, 6.45) is 2.96. The van der Waals surface area contributed by atoms with Gasteiger partial charge in [-0.3, -0.25) is 0 Å². The Morgan fingerprint density at radius 3 is 2.11 bits per heavy atom. The van der Waals surface area contributed by atoms with Crippen molar-refractivity contribution in [1.29, 1.82) is 0 Å². The molecule has 0 spiro atoms. The fraction of sp³-hybridized carbons (Fsp3) is 0.750. The summed E-state index contributed by atoms with van der Waals surface area (Å²) >= 11 is 0. The number of nitrogens with zero attached hydrogens (tertiary/aromatic N) is 3. The molecule has 0 fully saturated rings. The molecule has 1 N–H and O–H groups in total. The van der Waals surface area contributed by atoms with Crippen LogP contribution in [0.1, 0.15) is 32.5 Å². The van der Waals surface area contributed by atoms with E-state index in [9.17, 15) is 0 Å². The van der Waals surface area contributed by atoms with Gasteiger partial charge in [0.05, 0.1) is 14.2 Å². The van der Waals surface area contributed by atoms with Gasteiger partial charge in [0, 0.05) is 12.5 Å². The van der Waals surface area contributed by atoms with Gasteiger partial charge in [0.15, 0.2) is 0 Å². The molecule has 1 aromatic rings. The van der Waals surface area contributed by atoms with Crippen molar-refractivity contribution in [1.82, 2.24) is 20.3 Å². The van der Waals surface area contributed by atoms with Crippen LogP contribution in [-0.4, -0.2) is 41.8 Å². The topological polar surface area (TPSA) is 69.2 Å². The lowest BCUT2D eigenvalue weighted by Gasteiger charge is -2.16. The van der Waals surface area contributed by atoms with Crippen molar-refractivity contribution in [3.05, 3.63) is 5.82 Å². The molecule has 1 unspecified atom stereocenters. The number of nitrogens with one attached hydrogen (secondary N) is 1. The van der Waals surface area contributed by atoms with Gasteiger partial charge in [0.1, 0.15) is 5.82 Å². The first-order chi connectivity index (χ1) is 8.73. The zero-order valence-corrected chi connectivity index (χ0v) is 11.6. The van der Waals surface area contributed by atoms with Gasteiger partial charge in [-0.25, -0.2) is 0 Å². The molecule has 0 amide bonds. The van der Waals surface area contributed by atoms with Crippen LogP contribution >= 0.6 is 0 Å². The van der Waals surface area contributed by atoms with Crippen molar-refractivity contribution in [2.24, 2.45) is 0 Å². The third-order valence-corrected chi connectivity index (χ3v) is 2.56. The molecule has 0 aliphatic carbocycles. The number of aromatic nitrogens is 3. The fourth-order valence-corrected chi connectivity index (χ4v) is 1.79. The van der Waals surface area contributed by atoms with Crippen LogP contribution in [0.2, 0.25) is 0 Å². The number of methoxy groups -OCH3 is 2. The number of likely N-dealkylation sites (N-methyl/N-ethyl adjacent to an activating group) is 1. The Balaban J connectivity index is 2.80. The third-order valence-electron chi connectivity index (χ3n) is 2.56. The van der Waals surface area contributed by atoms with Crippen LogP contribution in [-0.2, 0) is 6.42 Å². The Kier molecular flexibility index (Phi) is 6.35. The highest BCUT2D eigenvalue weighted by Gasteiger charge is 2.13. The van der Waals surface area contributed by atoms with Crippen LogP contribution in [0.25, 0.3) is 0 Å². The lowest BCUT2D eigenvalue weighted by Crippen LogP contribution is -2.31. The summed E-state index contributed by atoms with van der Waals surface area (Å²) in [5, 5.41) is 3.42. The van der Waals surface area contributed by atoms with Crippen molar-refractivity contribution >= 4 is 0 Å². The van der Waals surface area contributed by atoms with Gasteiger partial charge in [-0.1, -0.05) is 20.3 Å². The van der Waals surface area contributed by atoms with E-state index in [1.807, 2.05) is 0 Å². The second kappa shape index (κ2) is 7.81. The van der Waals surface area contributed by atoms with E-state index in [1.54, 1.807) is 0 Å². The normalized spacial score (nSPS) is 12.2. The second-order valence-electron chi connectivity index (χ2n) is 3.97. The monoisotopic (exact) mass is 254 g/mol. The van der Waals surface area contributed by atoms with Gasteiger partial charge in [-0.05, 0) is 13.0 Å². The summed E-state index contributed by atoms with van der Waals surface area (Å²) in [6, 6.07) is 0.962. The standard InChI is InChI=1S/C12H22N4O2/c1-5-7-9(13-6-2)8-10-14-11(17-3)16-12(15-10)18-4/h9,13H,5-8H2,1-4H3. The Morgan fingerprint density at radius 1 is 1.06 bits per heavy atom. The van der Waals surface area contributed by atoms with Crippen molar-refractivity contribution in [2.45, 2.75) is 39.2 Å². The SMILES string of the molecule is CCCC(Cc1nc(OC)nc(OC)n1)NCC. The van der Waals surface area contributed by atoms with E-state index in [0.717, 1.165) is 25.8 Å². The summed E-state index contributed by atoms with van der Waals surface area (Å²) in [5.41, 5.74) is 0. The van der Waals surface area contributed by atoms with Crippen LogP contribution in [0.5, 0.6) is 12.0 Å². The molecular weight excluding hydrogens is 232 g/mol. The zero-order chi connectivity index (χ0) is 13.4. The van der Waals surface area contributed by atoms with Crippen molar-refractivity contribution in [3.63, 3.8) is 0 Å². The van der Waals surface area contributed by atoms with Crippen LogP contribution in [0, 0.1) is 0 Å². The highest BCUT2D eigenvalue weighted by molar-refractivity contribution is 5.06. The smallest absolute Gasteiger partial charge is 0.322 e. The number of hydrogen-bond donors (Lipinski definition) is 1. The number of ether oxygens (including phenoxy) is 2. The fourth-order valence-electron chi connectivity index (χ4n) is 1.79. The maximum Gasteiger partial charge on any atom is 0.322 e. The van der Waals surface area contributed by atoms with E-state index in [1.165, 1.54) is 14.2 Å². The number of hydrogen-bond acceptors (Lipinski definition) is 6. The van der Waals surface area contributed by atoms with Gasteiger partial charge in [0.2, 0.25) is 0 Å². The Labute approximate surface area is 108 Å². The molecule has 0 saturated carbocycles. The molecule has 1 aromatic heterocycles. The molecule has 18 heavy (non-hydrogen) atoms. The van der Waals surface area contributed by atoms with E-state index < -0.39 is 0 Å². The molecule has 0 aliphatic rings. The molecule has 0 radical (unpaired) electrons.